The van der Waals surface area contributed by atoms with Crippen LogP contribution in [0.5, 0.6) is 0 Å². The van der Waals surface area contributed by atoms with Crippen molar-refractivity contribution in [2.45, 2.75) is 5.92 Å². The van der Waals surface area contributed by atoms with E-state index in [0.29, 0.717) is 12.1 Å². The number of hydrogen-bond acceptors (Lipinski definition) is 1. The molecule has 4 rings (SSSR count). The molecule has 0 spiro atoms. The van der Waals surface area contributed by atoms with Gasteiger partial charge in [-0.3, -0.25) is 4.79 Å². The topological polar surface area (TPSA) is 44.9 Å². The molecular formula is C17H12BrFN2O. The first-order valence-corrected chi connectivity index (χ1v) is 7.78. The van der Waals surface area contributed by atoms with Crippen molar-refractivity contribution in [3.05, 3.63) is 69.6 Å². The molecule has 110 valence electrons. The third-order valence-corrected chi connectivity index (χ3v) is 4.77. The molecule has 0 aliphatic carbocycles. The highest BCUT2D eigenvalue weighted by atomic mass is 79.9. The van der Waals surface area contributed by atoms with Crippen LogP contribution in [-0.4, -0.2) is 17.4 Å². The fourth-order valence-corrected chi connectivity index (χ4v) is 3.82. The molecular weight excluding hydrogens is 347 g/mol. The summed E-state index contributed by atoms with van der Waals surface area (Å²) >= 11 is 3.58. The normalized spacial score (nSPS) is 17.4. The predicted molar refractivity (Wildman–Crippen MR) is 86.6 cm³/mol. The second-order valence-electron chi connectivity index (χ2n) is 5.39. The van der Waals surface area contributed by atoms with Crippen molar-refractivity contribution in [3.8, 4) is 0 Å². The van der Waals surface area contributed by atoms with Crippen molar-refractivity contribution < 1.29 is 9.18 Å². The van der Waals surface area contributed by atoms with Crippen molar-refractivity contribution in [2.75, 3.05) is 6.54 Å². The number of halogens is 2. The van der Waals surface area contributed by atoms with Crippen LogP contribution in [0, 0.1) is 5.82 Å². The number of H-pyrrole nitrogens is 1. The Labute approximate surface area is 134 Å². The van der Waals surface area contributed by atoms with Crippen LogP contribution >= 0.6 is 15.9 Å². The van der Waals surface area contributed by atoms with Gasteiger partial charge in [0, 0.05) is 34.5 Å². The van der Waals surface area contributed by atoms with Crippen molar-refractivity contribution >= 4 is 32.7 Å². The fourth-order valence-electron chi connectivity index (χ4n) is 3.13. The minimum absolute atomic E-state index is 0.0312. The summed E-state index contributed by atoms with van der Waals surface area (Å²) in [5.74, 6) is -0.376. The van der Waals surface area contributed by atoms with Gasteiger partial charge in [0.1, 0.15) is 5.82 Å². The molecule has 1 amide bonds. The molecule has 22 heavy (non-hydrogen) atoms. The Morgan fingerprint density at radius 3 is 2.68 bits per heavy atom. The molecule has 0 radical (unpaired) electrons. The molecule has 1 aromatic heterocycles. The molecule has 2 heterocycles. The first kappa shape index (κ1) is 13.5. The number of benzene rings is 2. The molecule has 0 saturated carbocycles. The second kappa shape index (κ2) is 4.95. The van der Waals surface area contributed by atoms with Gasteiger partial charge in [0.05, 0.1) is 4.60 Å². The number of aromatic nitrogens is 1. The zero-order valence-electron chi connectivity index (χ0n) is 11.5. The predicted octanol–water partition coefficient (Wildman–Crippen LogP) is 3.94. The Kier molecular flexibility index (Phi) is 3.04. The summed E-state index contributed by atoms with van der Waals surface area (Å²) in [5.41, 5.74) is 3.60. The minimum atomic E-state index is -0.264. The Bertz CT molecular complexity index is 886. The highest BCUT2D eigenvalue weighted by Crippen LogP contribution is 2.39. The number of hydrogen-bond donors (Lipinski definition) is 2. The van der Waals surface area contributed by atoms with E-state index in [1.165, 1.54) is 12.1 Å². The van der Waals surface area contributed by atoms with Gasteiger partial charge < -0.3 is 10.3 Å². The molecule has 0 fully saturated rings. The maximum Gasteiger partial charge on any atom is 0.252 e. The van der Waals surface area contributed by atoms with Crippen LogP contribution in [0.2, 0.25) is 0 Å². The second-order valence-corrected chi connectivity index (χ2v) is 6.19. The number of carbonyl (C=O) groups is 1. The monoisotopic (exact) mass is 358 g/mol. The molecule has 1 aliphatic rings. The van der Waals surface area contributed by atoms with Crippen molar-refractivity contribution in [1.29, 1.82) is 0 Å². The van der Waals surface area contributed by atoms with E-state index in [9.17, 15) is 9.18 Å². The fraction of sp³-hybridized carbons (Fsp3) is 0.118. The summed E-state index contributed by atoms with van der Waals surface area (Å²) in [6.45, 7) is 0.477. The van der Waals surface area contributed by atoms with Crippen molar-refractivity contribution in [3.63, 3.8) is 0 Å². The van der Waals surface area contributed by atoms with Crippen LogP contribution in [0.25, 0.3) is 10.9 Å². The van der Waals surface area contributed by atoms with Crippen LogP contribution in [0.4, 0.5) is 4.39 Å². The van der Waals surface area contributed by atoms with Gasteiger partial charge in [0.2, 0.25) is 0 Å². The van der Waals surface area contributed by atoms with Gasteiger partial charge in [-0.05, 0) is 45.8 Å². The van der Waals surface area contributed by atoms with E-state index in [1.54, 1.807) is 12.1 Å². The molecule has 0 bridgehead atoms. The quantitative estimate of drug-likeness (QED) is 0.679. The third kappa shape index (κ3) is 1.96. The van der Waals surface area contributed by atoms with E-state index in [1.807, 2.05) is 18.2 Å². The van der Waals surface area contributed by atoms with E-state index in [0.717, 1.165) is 26.6 Å². The summed E-state index contributed by atoms with van der Waals surface area (Å²) in [5, 5.41) is 3.89. The average molecular weight is 359 g/mol. The molecule has 2 aromatic carbocycles. The molecule has 3 aromatic rings. The average Bonchev–Trinajstić information content (AvgIpc) is 2.76. The van der Waals surface area contributed by atoms with Crippen molar-refractivity contribution in [1.82, 2.24) is 10.3 Å². The summed E-state index contributed by atoms with van der Waals surface area (Å²) in [4.78, 5) is 15.6. The molecule has 1 aliphatic heterocycles. The lowest BCUT2D eigenvalue weighted by molar-refractivity contribution is 0.0956. The lowest BCUT2D eigenvalue weighted by Gasteiger charge is -2.16. The number of amides is 1. The van der Waals surface area contributed by atoms with Crippen LogP contribution in [0.3, 0.4) is 0 Å². The Hall–Kier alpha value is -2.14. The van der Waals surface area contributed by atoms with Crippen LogP contribution in [0.15, 0.2) is 47.1 Å². The zero-order chi connectivity index (χ0) is 15.3. The molecule has 2 N–H and O–H groups in total. The lowest BCUT2D eigenvalue weighted by Crippen LogP contribution is -2.26. The van der Waals surface area contributed by atoms with Gasteiger partial charge in [-0.1, -0.05) is 18.2 Å². The van der Waals surface area contributed by atoms with Crippen LogP contribution in [0.1, 0.15) is 27.4 Å². The van der Waals surface area contributed by atoms with E-state index >= 15 is 0 Å². The van der Waals surface area contributed by atoms with E-state index in [4.69, 9.17) is 0 Å². The summed E-state index contributed by atoms with van der Waals surface area (Å²) in [6, 6.07) is 12.1. The summed E-state index contributed by atoms with van der Waals surface area (Å²) in [6.07, 6.45) is 0. The van der Waals surface area contributed by atoms with Gasteiger partial charge in [-0.15, -0.1) is 0 Å². The smallest absolute Gasteiger partial charge is 0.252 e. The standard InChI is InChI=1S/C17H12BrFN2O/c18-16-15-12(9-4-6-10(19)7-5-9)8-20-17(22)11-2-1-3-13(21-16)14(11)15/h1-7,12,21H,8H2,(H,20,22). The van der Waals surface area contributed by atoms with E-state index in [2.05, 4.69) is 26.2 Å². The largest absolute Gasteiger partial charge is 0.351 e. The number of nitrogens with one attached hydrogen (secondary N) is 2. The van der Waals surface area contributed by atoms with Crippen LogP contribution < -0.4 is 5.32 Å². The minimum Gasteiger partial charge on any atom is -0.351 e. The third-order valence-electron chi connectivity index (χ3n) is 4.15. The van der Waals surface area contributed by atoms with Gasteiger partial charge in [0.25, 0.3) is 5.91 Å². The summed E-state index contributed by atoms with van der Waals surface area (Å²) in [7, 11) is 0. The van der Waals surface area contributed by atoms with Crippen LogP contribution in [-0.2, 0) is 0 Å². The molecule has 1 unspecified atom stereocenters. The Morgan fingerprint density at radius 1 is 1.14 bits per heavy atom. The van der Waals surface area contributed by atoms with Gasteiger partial charge >= 0.3 is 0 Å². The van der Waals surface area contributed by atoms with Gasteiger partial charge in [-0.25, -0.2) is 4.39 Å². The zero-order valence-corrected chi connectivity index (χ0v) is 13.1. The van der Waals surface area contributed by atoms with E-state index in [-0.39, 0.29) is 17.6 Å². The van der Waals surface area contributed by atoms with Gasteiger partial charge in [-0.2, -0.15) is 0 Å². The molecule has 5 heteroatoms. The Morgan fingerprint density at radius 2 is 1.91 bits per heavy atom. The Balaban J connectivity index is 2.00. The van der Waals surface area contributed by atoms with Gasteiger partial charge in [0.15, 0.2) is 0 Å². The number of aromatic amines is 1. The first-order valence-electron chi connectivity index (χ1n) is 6.99. The molecule has 1 atom stereocenters. The molecule has 3 nitrogen and oxygen atoms in total. The maximum atomic E-state index is 13.2. The number of carbonyl (C=O) groups excluding carboxylic acids is 1. The highest BCUT2D eigenvalue weighted by molar-refractivity contribution is 9.10. The SMILES string of the molecule is O=C1NCC(c2ccc(F)cc2)c2c(Br)[nH]c3cccc1c23. The number of rotatable bonds is 1. The first-order chi connectivity index (χ1) is 10.6. The highest BCUT2D eigenvalue weighted by Gasteiger charge is 2.28. The lowest BCUT2D eigenvalue weighted by atomic mass is 9.91. The van der Waals surface area contributed by atoms with E-state index < -0.39 is 0 Å². The van der Waals surface area contributed by atoms with Crippen molar-refractivity contribution in [2.24, 2.45) is 0 Å². The maximum absolute atomic E-state index is 13.2. The molecule has 0 saturated heterocycles. The summed E-state index contributed by atoms with van der Waals surface area (Å²) < 4.78 is 14.1.